The van der Waals surface area contributed by atoms with Crippen molar-refractivity contribution in [2.45, 2.75) is 39.5 Å². The molecule has 112 valence electrons. The van der Waals surface area contributed by atoms with E-state index in [4.69, 9.17) is 4.74 Å². The lowest BCUT2D eigenvalue weighted by Crippen LogP contribution is -2.26. The normalized spacial score (nSPS) is 10.1. The second-order valence-electron chi connectivity index (χ2n) is 4.69. The molecule has 20 heavy (non-hydrogen) atoms. The Bertz CT molecular complexity index is 377. The van der Waals surface area contributed by atoms with E-state index in [0.717, 1.165) is 24.4 Å². The molecule has 1 aromatic carbocycles. The van der Waals surface area contributed by atoms with E-state index in [2.05, 4.69) is 17.6 Å². The highest BCUT2D eigenvalue weighted by Crippen LogP contribution is 2.15. The number of nitrogens with one attached hydrogen (secondary N) is 2. The molecule has 0 radical (unpaired) electrons. The van der Waals surface area contributed by atoms with Crippen molar-refractivity contribution in [1.82, 2.24) is 5.32 Å². The van der Waals surface area contributed by atoms with Gasteiger partial charge in [0.25, 0.3) is 0 Å². The second kappa shape index (κ2) is 10.1. The van der Waals surface area contributed by atoms with Crippen LogP contribution in [0.25, 0.3) is 0 Å². The first-order chi connectivity index (χ1) is 9.76. The topological polar surface area (TPSA) is 50.4 Å². The molecule has 4 heteroatoms. The fourth-order valence-corrected chi connectivity index (χ4v) is 1.85. The highest BCUT2D eigenvalue weighted by Gasteiger charge is 2.00. The van der Waals surface area contributed by atoms with Gasteiger partial charge in [0, 0.05) is 25.2 Å². The van der Waals surface area contributed by atoms with Gasteiger partial charge in [0.15, 0.2) is 0 Å². The standard InChI is InChI=1S/C16H26N2O2/c1-3-5-6-12-18-16(19)11-13-17-14-7-9-15(10-8-14)20-4-2/h7-10,17H,3-6,11-13H2,1-2H3,(H,18,19). The number of hydrogen-bond acceptors (Lipinski definition) is 3. The molecule has 0 aliphatic carbocycles. The molecule has 0 saturated heterocycles. The first-order valence-electron chi connectivity index (χ1n) is 7.49. The van der Waals surface area contributed by atoms with E-state index in [9.17, 15) is 4.79 Å². The van der Waals surface area contributed by atoms with Crippen LogP contribution in [-0.4, -0.2) is 25.6 Å². The SMILES string of the molecule is CCCCCNC(=O)CCNc1ccc(OCC)cc1. The number of benzene rings is 1. The average molecular weight is 278 g/mol. The smallest absolute Gasteiger partial charge is 0.221 e. The summed E-state index contributed by atoms with van der Waals surface area (Å²) >= 11 is 0. The van der Waals surface area contributed by atoms with Crippen LogP contribution in [0.1, 0.15) is 39.5 Å². The Morgan fingerprint density at radius 2 is 1.85 bits per heavy atom. The maximum Gasteiger partial charge on any atom is 0.221 e. The third-order valence-electron chi connectivity index (χ3n) is 2.95. The van der Waals surface area contributed by atoms with Gasteiger partial charge in [-0.05, 0) is 37.6 Å². The van der Waals surface area contributed by atoms with Gasteiger partial charge >= 0.3 is 0 Å². The summed E-state index contributed by atoms with van der Waals surface area (Å²) in [6, 6.07) is 7.78. The van der Waals surface area contributed by atoms with Gasteiger partial charge in [0.05, 0.1) is 6.61 Å². The zero-order chi connectivity index (χ0) is 14.6. The van der Waals surface area contributed by atoms with E-state index >= 15 is 0 Å². The highest BCUT2D eigenvalue weighted by atomic mass is 16.5. The fourth-order valence-electron chi connectivity index (χ4n) is 1.85. The lowest BCUT2D eigenvalue weighted by atomic mass is 10.2. The van der Waals surface area contributed by atoms with Gasteiger partial charge in [0.2, 0.25) is 5.91 Å². The van der Waals surface area contributed by atoms with Crippen molar-refractivity contribution in [3.63, 3.8) is 0 Å². The molecule has 0 aliphatic rings. The van der Waals surface area contributed by atoms with Crippen LogP contribution in [-0.2, 0) is 4.79 Å². The molecule has 2 N–H and O–H groups in total. The summed E-state index contributed by atoms with van der Waals surface area (Å²) in [5, 5.41) is 6.16. The van der Waals surface area contributed by atoms with Crippen LogP contribution in [0, 0.1) is 0 Å². The zero-order valence-corrected chi connectivity index (χ0v) is 12.6. The minimum absolute atomic E-state index is 0.111. The third-order valence-corrected chi connectivity index (χ3v) is 2.95. The van der Waals surface area contributed by atoms with E-state index < -0.39 is 0 Å². The maximum absolute atomic E-state index is 11.6. The summed E-state index contributed by atoms with van der Waals surface area (Å²) in [4.78, 5) is 11.6. The molecule has 1 aromatic rings. The van der Waals surface area contributed by atoms with E-state index in [0.29, 0.717) is 19.6 Å². The van der Waals surface area contributed by atoms with Gasteiger partial charge in [-0.1, -0.05) is 19.8 Å². The van der Waals surface area contributed by atoms with Gasteiger partial charge in [-0.25, -0.2) is 0 Å². The van der Waals surface area contributed by atoms with Crippen LogP contribution < -0.4 is 15.4 Å². The van der Waals surface area contributed by atoms with Crippen LogP contribution in [0.5, 0.6) is 5.75 Å². The Morgan fingerprint density at radius 1 is 1.10 bits per heavy atom. The Balaban J connectivity index is 2.15. The maximum atomic E-state index is 11.6. The van der Waals surface area contributed by atoms with Crippen molar-refractivity contribution in [2.75, 3.05) is 25.0 Å². The fraction of sp³-hybridized carbons (Fsp3) is 0.562. The summed E-state index contributed by atoms with van der Waals surface area (Å²) in [7, 11) is 0. The number of amides is 1. The quantitative estimate of drug-likeness (QED) is 0.646. The second-order valence-corrected chi connectivity index (χ2v) is 4.69. The van der Waals surface area contributed by atoms with E-state index in [1.807, 2.05) is 31.2 Å². The largest absolute Gasteiger partial charge is 0.494 e. The Labute approximate surface area is 121 Å². The number of carbonyl (C=O) groups excluding carboxylic acids is 1. The monoisotopic (exact) mass is 278 g/mol. The summed E-state index contributed by atoms with van der Waals surface area (Å²) in [6.45, 7) is 6.22. The molecule has 0 aliphatic heterocycles. The van der Waals surface area contributed by atoms with Gasteiger partial charge in [-0.15, -0.1) is 0 Å². The van der Waals surface area contributed by atoms with Crippen molar-refractivity contribution < 1.29 is 9.53 Å². The van der Waals surface area contributed by atoms with Gasteiger partial charge in [0.1, 0.15) is 5.75 Å². The first kappa shape index (κ1) is 16.3. The lowest BCUT2D eigenvalue weighted by Gasteiger charge is -2.08. The molecule has 0 atom stereocenters. The van der Waals surface area contributed by atoms with Crippen LogP contribution in [0.4, 0.5) is 5.69 Å². The number of unbranched alkanes of at least 4 members (excludes halogenated alkanes) is 2. The summed E-state index contributed by atoms with van der Waals surface area (Å²) < 4.78 is 5.38. The summed E-state index contributed by atoms with van der Waals surface area (Å²) in [5.41, 5.74) is 1.01. The lowest BCUT2D eigenvalue weighted by molar-refractivity contribution is -0.120. The van der Waals surface area contributed by atoms with Crippen LogP contribution in [0.3, 0.4) is 0 Å². The highest BCUT2D eigenvalue weighted by molar-refractivity contribution is 5.76. The number of anilines is 1. The van der Waals surface area contributed by atoms with E-state index in [1.54, 1.807) is 0 Å². The van der Waals surface area contributed by atoms with E-state index in [1.165, 1.54) is 12.8 Å². The summed E-state index contributed by atoms with van der Waals surface area (Å²) in [6.07, 6.45) is 3.91. The molecule has 0 unspecified atom stereocenters. The zero-order valence-electron chi connectivity index (χ0n) is 12.6. The molecule has 0 fully saturated rings. The number of hydrogen-bond donors (Lipinski definition) is 2. The average Bonchev–Trinajstić information content (AvgIpc) is 2.46. The van der Waals surface area contributed by atoms with E-state index in [-0.39, 0.29) is 5.91 Å². The molecule has 1 rings (SSSR count). The molecular weight excluding hydrogens is 252 g/mol. The summed E-state index contributed by atoms with van der Waals surface area (Å²) in [5.74, 6) is 0.978. The Kier molecular flexibility index (Phi) is 8.27. The number of carbonyl (C=O) groups is 1. The molecule has 0 spiro atoms. The minimum Gasteiger partial charge on any atom is -0.494 e. The first-order valence-corrected chi connectivity index (χ1v) is 7.49. The van der Waals surface area contributed by atoms with Crippen molar-refractivity contribution >= 4 is 11.6 Å². The van der Waals surface area contributed by atoms with Crippen molar-refractivity contribution in [3.8, 4) is 5.75 Å². The molecular formula is C16H26N2O2. The van der Waals surface area contributed by atoms with Gasteiger partial charge < -0.3 is 15.4 Å². The van der Waals surface area contributed by atoms with Crippen LogP contribution in [0.15, 0.2) is 24.3 Å². The Morgan fingerprint density at radius 3 is 2.50 bits per heavy atom. The number of rotatable bonds is 10. The van der Waals surface area contributed by atoms with Crippen LogP contribution >= 0.6 is 0 Å². The minimum atomic E-state index is 0.111. The molecule has 1 amide bonds. The predicted molar refractivity (Wildman–Crippen MR) is 83.3 cm³/mol. The molecule has 0 bridgehead atoms. The molecule has 0 saturated carbocycles. The van der Waals surface area contributed by atoms with Crippen molar-refractivity contribution in [2.24, 2.45) is 0 Å². The van der Waals surface area contributed by atoms with Crippen molar-refractivity contribution in [3.05, 3.63) is 24.3 Å². The third kappa shape index (κ3) is 7.02. The molecule has 0 aromatic heterocycles. The Hall–Kier alpha value is -1.71. The van der Waals surface area contributed by atoms with Gasteiger partial charge in [-0.2, -0.15) is 0 Å². The molecule has 4 nitrogen and oxygen atoms in total. The van der Waals surface area contributed by atoms with Crippen molar-refractivity contribution in [1.29, 1.82) is 0 Å². The van der Waals surface area contributed by atoms with Crippen LogP contribution in [0.2, 0.25) is 0 Å². The molecule has 0 heterocycles. The number of ether oxygens (including phenoxy) is 1. The van der Waals surface area contributed by atoms with Gasteiger partial charge in [-0.3, -0.25) is 4.79 Å². The predicted octanol–water partition coefficient (Wildman–Crippen LogP) is 3.19.